The lowest BCUT2D eigenvalue weighted by Gasteiger charge is -2.21. The molecule has 0 spiro atoms. The van der Waals surface area contributed by atoms with Crippen LogP contribution in [0, 0.1) is 6.92 Å². The van der Waals surface area contributed by atoms with Gasteiger partial charge in [0, 0.05) is 25.0 Å². The standard InChI is InChI=1S/C17H24N4/c1-14-6-5-7-15(19-14)12-18-13-16-10-11-21(20-16)17-8-3-2-4-9-17/h5-7,10-11,17-18H,2-4,8-9,12-13H2,1H3. The van der Waals surface area contributed by atoms with Gasteiger partial charge in [-0.3, -0.25) is 9.67 Å². The summed E-state index contributed by atoms with van der Waals surface area (Å²) in [4.78, 5) is 4.49. The molecule has 2 heterocycles. The van der Waals surface area contributed by atoms with E-state index in [1.807, 2.05) is 13.0 Å². The predicted octanol–water partition coefficient (Wildman–Crippen LogP) is 3.38. The number of hydrogen-bond acceptors (Lipinski definition) is 3. The van der Waals surface area contributed by atoms with E-state index in [9.17, 15) is 0 Å². The first-order valence-electron chi connectivity index (χ1n) is 7.98. The number of pyridine rings is 1. The van der Waals surface area contributed by atoms with Gasteiger partial charge in [0.1, 0.15) is 0 Å². The van der Waals surface area contributed by atoms with E-state index in [1.54, 1.807) is 0 Å². The lowest BCUT2D eigenvalue weighted by atomic mass is 9.96. The Bertz CT molecular complexity index is 570. The van der Waals surface area contributed by atoms with Crippen LogP contribution in [0.3, 0.4) is 0 Å². The number of nitrogens with one attached hydrogen (secondary N) is 1. The van der Waals surface area contributed by atoms with Crippen molar-refractivity contribution in [2.45, 2.75) is 58.2 Å². The number of aryl methyl sites for hydroxylation is 1. The summed E-state index contributed by atoms with van der Waals surface area (Å²) in [5.41, 5.74) is 3.27. The van der Waals surface area contributed by atoms with Gasteiger partial charge in [-0.15, -0.1) is 0 Å². The molecular weight excluding hydrogens is 260 g/mol. The molecule has 1 aliphatic carbocycles. The molecule has 0 amide bonds. The Morgan fingerprint density at radius 3 is 2.71 bits per heavy atom. The van der Waals surface area contributed by atoms with Gasteiger partial charge in [0.25, 0.3) is 0 Å². The maximum absolute atomic E-state index is 4.72. The minimum absolute atomic E-state index is 0.617. The molecule has 0 radical (unpaired) electrons. The third-order valence-corrected chi connectivity index (χ3v) is 4.17. The van der Waals surface area contributed by atoms with Gasteiger partial charge in [0.05, 0.1) is 17.4 Å². The average molecular weight is 284 g/mol. The van der Waals surface area contributed by atoms with Crippen LogP contribution in [0.25, 0.3) is 0 Å². The Morgan fingerprint density at radius 1 is 1.10 bits per heavy atom. The summed E-state index contributed by atoms with van der Waals surface area (Å²) in [6.07, 6.45) is 8.77. The zero-order valence-corrected chi connectivity index (χ0v) is 12.8. The highest BCUT2D eigenvalue weighted by Gasteiger charge is 2.15. The summed E-state index contributed by atoms with van der Waals surface area (Å²) in [6, 6.07) is 8.88. The first-order chi connectivity index (χ1) is 10.3. The van der Waals surface area contributed by atoms with Crippen molar-refractivity contribution in [1.29, 1.82) is 0 Å². The third-order valence-electron chi connectivity index (χ3n) is 4.17. The van der Waals surface area contributed by atoms with Gasteiger partial charge < -0.3 is 5.32 Å². The van der Waals surface area contributed by atoms with Crippen LogP contribution in [0.2, 0.25) is 0 Å². The first kappa shape index (κ1) is 14.3. The van der Waals surface area contributed by atoms with Crippen LogP contribution >= 0.6 is 0 Å². The molecule has 0 saturated heterocycles. The minimum atomic E-state index is 0.617. The van der Waals surface area contributed by atoms with Gasteiger partial charge in [-0.05, 0) is 38.0 Å². The Hall–Kier alpha value is -1.68. The highest BCUT2D eigenvalue weighted by molar-refractivity contribution is 5.10. The molecule has 0 aliphatic heterocycles. The summed E-state index contributed by atoms with van der Waals surface area (Å²) >= 11 is 0. The van der Waals surface area contributed by atoms with Crippen LogP contribution in [-0.2, 0) is 13.1 Å². The first-order valence-corrected chi connectivity index (χ1v) is 7.98. The van der Waals surface area contributed by atoms with Crippen molar-refractivity contribution in [3.63, 3.8) is 0 Å². The van der Waals surface area contributed by atoms with Crippen molar-refractivity contribution in [1.82, 2.24) is 20.1 Å². The average Bonchev–Trinajstić information content (AvgIpc) is 2.97. The normalized spacial score (nSPS) is 16.2. The van der Waals surface area contributed by atoms with E-state index < -0.39 is 0 Å². The summed E-state index contributed by atoms with van der Waals surface area (Å²) in [5.74, 6) is 0. The van der Waals surface area contributed by atoms with Crippen molar-refractivity contribution in [2.75, 3.05) is 0 Å². The molecule has 3 rings (SSSR count). The Balaban J connectivity index is 1.50. The molecule has 112 valence electrons. The second-order valence-electron chi connectivity index (χ2n) is 5.95. The number of hydrogen-bond donors (Lipinski definition) is 1. The molecular formula is C17H24N4. The lowest BCUT2D eigenvalue weighted by Crippen LogP contribution is -2.16. The van der Waals surface area contributed by atoms with E-state index in [1.165, 1.54) is 32.1 Å². The van der Waals surface area contributed by atoms with Crippen molar-refractivity contribution >= 4 is 0 Å². The highest BCUT2D eigenvalue weighted by Crippen LogP contribution is 2.27. The third kappa shape index (κ3) is 3.91. The maximum atomic E-state index is 4.72. The summed E-state index contributed by atoms with van der Waals surface area (Å²) in [6.45, 7) is 3.61. The Morgan fingerprint density at radius 2 is 1.90 bits per heavy atom. The lowest BCUT2D eigenvalue weighted by molar-refractivity contribution is 0.327. The van der Waals surface area contributed by atoms with Gasteiger partial charge in [-0.25, -0.2) is 0 Å². The van der Waals surface area contributed by atoms with Crippen molar-refractivity contribution in [2.24, 2.45) is 0 Å². The fourth-order valence-corrected chi connectivity index (χ4v) is 3.04. The molecule has 2 aromatic heterocycles. The quantitative estimate of drug-likeness (QED) is 0.915. The molecule has 1 aliphatic rings. The van der Waals surface area contributed by atoms with Crippen LogP contribution in [-0.4, -0.2) is 14.8 Å². The Kier molecular flexibility index (Phi) is 4.65. The topological polar surface area (TPSA) is 42.7 Å². The minimum Gasteiger partial charge on any atom is -0.305 e. The number of rotatable bonds is 5. The van der Waals surface area contributed by atoms with Crippen LogP contribution in [0.4, 0.5) is 0 Å². The fraction of sp³-hybridized carbons (Fsp3) is 0.529. The summed E-state index contributed by atoms with van der Waals surface area (Å²) in [7, 11) is 0. The Labute approximate surface area is 126 Å². The number of aromatic nitrogens is 3. The van der Waals surface area contributed by atoms with E-state index in [-0.39, 0.29) is 0 Å². The fourth-order valence-electron chi connectivity index (χ4n) is 3.04. The van der Waals surface area contributed by atoms with E-state index >= 15 is 0 Å². The molecule has 1 N–H and O–H groups in total. The molecule has 2 aromatic rings. The second kappa shape index (κ2) is 6.85. The number of nitrogens with zero attached hydrogens (tertiary/aromatic N) is 3. The zero-order valence-electron chi connectivity index (χ0n) is 12.8. The van der Waals surface area contributed by atoms with Gasteiger partial charge >= 0.3 is 0 Å². The molecule has 0 bridgehead atoms. The van der Waals surface area contributed by atoms with Crippen molar-refractivity contribution < 1.29 is 0 Å². The monoisotopic (exact) mass is 284 g/mol. The smallest absolute Gasteiger partial charge is 0.0762 e. The van der Waals surface area contributed by atoms with E-state index in [4.69, 9.17) is 5.10 Å². The highest BCUT2D eigenvalue weighted by atomic mass is 15.3. The largest absolute Gasteiger partial charge is 0.305 e. The van der Waals surface area contributed by atoms with E-state index in [0.717, 1.165) is 30.2 Å². The van der Waals surface area contributed by atoms with E-state index in [0.29, 0.717) is 6.04 Å². The van der Waals surface area contributed by atoms with Gasteiger partial charge in [0.2, 0.25) is 0 Å². The summed E-state index contributed by atoms with van der Waals surface area (Å²) < 4.78 is 2.17. The van der Waals surface area contributed by atoms with Crippen LogP contribution in [0.5, 0.6) is 0 Å². The molecule has 4 heteroatoms. The molecule has 0 atom stereocenters. The van der Waals surface area contributed by atoms with Gasteiger partial charge in [-0.1, -0.05) is 25.3 Å². The van der Waals surface area contributed by atoms with Gasteiger partial charge in [-0.2, -0.15) is 5.10 Å². The summed E-state index contributed by atoms with van der Waals surface area (Å²) in [5, 5.41) is 8.14. The van der Waals surface area contributed by atoms with Crippen molar-refractivity contribution in [3.8, 4) is 0 Å². The van der Waals surface area contributed by atoms with Crippen molar-refractivity contribution in [3.05, 3.63) is 47.5 Å². The second-order valence-corrected chi connectivity index (χ2v) is 5.95. The van der Waals surface area contributed by atoms with E-state index in [2.05, 4.69) is 39.4 Å². The predicted molar refractivity (Wildman–Crippen MR) is 83.9 cm³/mol. The molecule has 1 saturated carbocycles. The van der Waals surface area contributed by atoms with Crippen LogP contribution in [0.1, 0.15) is 55.2 Å². The zero-order chi connectivity index (χ0) is 14.5. The van der Waals surface area contributed by atoms with Crippen LogP contribution in [0.15, 0.2) is 30.5 Å². The van der Waals surface area contributed by atoms with Gasteiger partial charge in [0.15, 0.2) is 0 Å². The molecule has 0 aromatic carbocycles. The van der Waals surface area contributed by atoms with Crippen LogP contribution < -0.4 is 5.32 Å². The molecule has 21 heavy (non-hydrogen) atoms. The molecule has 4 nitrogen and oxygen atoms in total. The maximum Gasteiger partial charge on any atom is 0.0762 e. The SMILES string of the molecule is Cc1cccc(CNCc2ccn(C3CCCCC3)n2)n1. The molecule has 1 fully saturated rings. The molecule has 0 unspecified atom stereocenters.